The zero-order valence-electron chi connectivity index (χ0n) is 8.74. The summed E-state index contributed by atoms with van der Waals surface area (Å²) in [4.78, 5) is 1.17. The summed E-state index contributed by atoms with van der Waals surface area (Å²) in [5.74, 6) is 0. The van der Waals surface area contributed by atoms with E-state index < -0.39 is 0 Å². The maximum Gasteiger partial charge on any atom is 0.0468 e. The molecule has 2 aromatic rings. The van der Waals surface area contributed by atoms with Crippen molar-refractivity contribution in [1.82, 2.24) is 5.32 Å². The molecule has 1 aromatic carbocycles. The van der Waals surface area contributed by atoms with Crippen LogP contribution in [0.3, 0.4) is 0 Å². The van der Waals surface area contributed by atoms with Gasteiger partial charge in [-0.05, 0) is 23.1 Å². The monoisotopic (exact) mass is 252 g/mol. The molecule has 1 aromatic heterocycles. The van der Waals surface area contributed by atoms with Crippen molar-refractivity contribution < 1.29 is 0 Å². The molecule has 16 heavy (non-hydrogen) atoms. The summed E-state index contributed by atoms with van der Waals surface area (Å²) >= 11 is 7.72. The van der Waals surface area contributed by atoms with Crippen molar-refractivity contribution in [2.45, 2.75) is 13.1 Å². The molecule has 0 unspecified atom stereocenters. The van der Waals surface area contributed by atoms with Crippen molar-refractivity contribution in [2.75, 3.05) is 5.73 Å². The first-order chi connectivity index (χ1) is 7.77. The number of nitrogens with two attached hydrogens (primary N) is 1. The van der Waals surface area contributed by atoms with Crippen LogP contribution in [0, 0.1) is 0 Å². The first-order valence-corrected chi connectivity index (χ1v) is 6.29. The van der Waals surface area contributed by atoms with E-state index >= 15 is 0 Å². The van der Waals surface area contributed by atoms with E-state index in [9.17, 15) is 0 Å². The molecule has 0 atom stereocenters. The SMILES string of the molecule is Nc1ccsc1CNCc1ccccc1Cl. The maximum atomic E-state index is 6.05. The van der Waals surface area contributed by atoms with Crippen molar-refractivity contribution in [3.8, 4) is 0 Å². The van der Waals surface area contributed by atoms with Crippen LogP contribution in [0.4, 0.5) is 5.69 Å². The third-order valence-electron chi connectivity index (χ3n) is 2.34. The lowest BCUT2D eigenvalue weighted by Crippen LogP contribution is -2.12. The molecule has 0 aliphatic heterocycles. The summed E-state index contributed by atoms with van der Waals surface area (Å²) in [5, 5.41) is 6.13. The van der Waals surface area contributed by atoms with E-state index in [1.54, 1.807) is 11.3 Å². The molecule has 0 spiro atoms. The zero-order valence-corrected chi connectivity index (χ0v) is 10.3. The predicted molar refractivity (Wildman–Crippen MR) is 70.7 cm³/mol. The van der Waals surface area contributed by atoms with Crippen LogP contribution in [0.15, 0.2) is 35.7 Å². The number of hydrogen-bond acceptors (Lipinski definition) is 3. The molecule has 84 valence electrons. The number of benzene rings is 1. The van der Waals surface area contributed by atoms with Crippen LogP contribution < -0.4 is 11.1 Å². The molecule has 0 aliphatic rings. The highest BCUT2D eigenvalue weighted by Crippen LogP contribution is 2.19. The van der Waals surface area contributed by atoms with Gasteiger partial charge in [0, 0.05) is 28.7 Å². The fourth-order valence-corrected chi connectivity index (χ4v) is 2.42. The van der Waals surface area contributed by atoms with Crippen LogP contribution in [0.25, 0.3) is 0 Å². The number of hydrogen-bond donors (Lipinski definition) is 2. The van der Waals surface area contributed by atoms with Gasteiger partial charge < -0.3 is 11.1 Å². The van der Waals surface area contributed by atoms with Crippen LogP contribution in [0.5, 0.6) is 0 Å². The van der Waals surface area contributed by atoms with Gasteiger partial charge in [0.15, 0.2) is 0 Å². The summed E-state index contributed by atoms with van der Waals surface area (Å²) in [6.07, 6.45) is 0. The van der Waals surface area contributed by atoms with Gasteiger partial charge in [0.1, 0.15) is 0 Å². The zero-order chi connectivity index (χ0) is 11.4. The molecule has 2 rings (SSSR count). The molecule has 0 amide bonds. The number of rotatable bonds is 4. The van der Waals surface area contributed by atoms with Gasteiger partial charge >= 0.3 is 0 Å². The topological polar surface area (TPSA) is 38.0 Å². The van der Waals surface area contributed by atoms with Gasteiger partial charge in [-0.3, -0.25) is 0 Å². The average Bonchev–Trinajstić information content (AvgIpc) is 2.67. The van der Waals surface area contributed by atoms with Crippen LogP contribution >= 0.6 is 22.9 Å². The molecule has 1 heterocycles. The summed E-state index contributed by atoms with van der Waals surface area (Å²) in [5.41, 5.74) is 7.76. The fraction of sp³-hybridized carbons (Fsp3) is 0.167. The van der Waals surface area contributed by atoms with Crippen LogP contribution in [-0.4, -0.2) is 0 Å². The lowest BCUT2D eigenvalue weighted by molar-refractivity contribution is 0.702. The Balaban J connectivity index is 1.89. The van der Waals surface area contributed by atoms with Gasteiger partial charge in [-0.25, -0.2) is 0 Å². The Morgan fingerprint density at radius 1 is 1.19 bits per heavy atom. The summed E-state index contributed by atoms with van der Waals surface area (Å²) < 4.78 is 0. The smallest absolute Gasteiger partial charge is 0.0468 e. The van der Waals surface area contributed by atoms with Crippen molar-refractivity contribution >= 4 is 28.6 Å². The predicted octanol–water partition coefficient (Wildman–Crippen LogP) is 3.27. The minimum absolute atomic E-state index is 0.761. The van der Waals surface area contributed by atoms with E-state index in [4.69, 9.17) is 17.3 Å². The Hall–Kier alpha value is -1.03. The molecule has 0 aliphatic carbocycles. The second kappa shape index (κ2) is 5.34. The van der Waals surface area contributed by atoms with Crippen molar-refractivity contribution in [3.05, 3.63) is 51.2 Å². The molecule has 0 bridgehead atoms. The molecular formula is C12H13ClN2S. The minimum atomic E-state index is 0.761. The molecule has 2 nitrogen and oxygen atoms in total. The Labute approximate surface area is 104 Å². The highest BCUT2D eigenvalue weighted by molar-refractivity contribution is 7.10. The van der Waals surface area contributed by atoms with Crippen molar-refractivity contribution in [1.29, 1.82) is 0 Å². The summed E-state index contributed by atoms with van der Waals surface area (Å²) in [7, 11) is 0. The number of halogens is 1. The number of nitrogen functional groups attached to an aromatic ring is 1. The average molecular weight is 253 g/mol. The molecule has 0 saturated carbocycles. The molecule has 3 N–H and O–H groups in total. The molecule has 0 saturated heterocycles. The second-order valence-electron chi connectivity index (χ2n) is 3.49. The maximum absolute atomic E-state index is 6.05. The van der Waals surface area contributed by atoms with Gasteiger partial charge in [-0.1, -0.05) is 29.8 Å². The lowest BCUT2D eigenvalue weighted by Gasteiger charge is -2.05. The van der Waals surface area contributed by atoms with Crippen molar-refractivity contribution in [2.24, 2.45) is 0 Å². The highest BCUT2D eigenvalue weighted by atomic mass is 35.5. The molecule has 0 radical (unpaired) electrons. The largest absolute Gasteiger partial charge is 0.398 e. The van der Waals surface area contributed by atoms with E-state index in [2.05, 4.69) is 5.32 Å². The minimum Gasteiger partial charge on any atom is -0.398 e. The quantitative estimate of drug-likeness (QED) is 0.877. The van der Waals surface area contributed by atoms with Gasteiger partial charge in [0.2, 0.25) is 0 Å². The Bertz CT molecular complexity index is 468. The number of nitrogens with one attached hydrogen (secondary N) is 1. The number of anilines is 1. The number of thiophene rings is 1. The summed E-state index contributed by atoms with van der Waals surface area (Å²) in [6, 6.07) is 9.77. The van der Waals surface area contributed by atoms with E-state index in [1.807, 2.05) is 35.7 Å². The molecular weight excluding hydrogens is 240 g/mol. The van der Waals surface area contributed by atoms with Crippen LogP contribution in [0.1, 0.15) is 10.4 Å². The third-order valence-corrected chi connectivity index (χ3v) is 3.64. The third kappa shape index (κ3) is 2.76. The van der Waals surface area contributed by atoms with Gasteiger partial charge in [-0.15, -0.1) is 11.3 Å². The normalized spacial score (nSPS) is 10.6. The first-order valence-electron chi connectivity index (χ1n) is 5.03. The van der Waals surface area contributed by atoms with E-state index in [1.165, 1.54) is 4.88 Å². The van der Waals surface area contributed by atoms with E-state index in [0.717, 1.165) is 29.4 Å². The first kappa shape index (κ1) is 11.5. The van der Waals surface area contributed by atoms with Crippen LogP contribution in [-0.2, 0) is 13.1 Å². The van der Waals surface area contributed by atoms with Crippen molar-refractivity contribution in [3.63, 3.8) is 0 Å². The fourth-order valence-electron chi connectivity index (χ4n) is 1.45. The summed E-state index contributed by atoms with van der Waals surface area (Å²) in [6.45, 7) is 1.55. The highest BCUT2D eigenvalue weighted by Gasteiger charge is 2.01. The van der Waals surface area contributed by atoms with Crippen LogP contribution in [0.2, 0.25) is 5.02 Å². The Morgan fingerprint density at radius 3 is 2.69 bits per heavy atom. The van der Waals surface area contributed by atoms with E-state index in [-0.39, 0.29) is 0 Å². The van der Waals surface area contributed by atoms with Gasteiger partial charge in [0.25, 0.3) is 0 Å². The standard InChI is InChI=1S/C12H13ClN2S/c13-10-4-2-1-3-9(10)7-15-8-12-11(14)5-6-16-12/h1-6,15H,7-8,14H2. The Morgan fingerprint density at radius 2 is 2.00 bits per heavy atom. The van der Waals surface area contributed by atoms with E-state index in [0.29, 0.717) is 0 Å². The van der Waals surface area contributed by atoms with Gasteiger partial charge in [-0.2, -0.15) is 0 Å². The molecule has 4 heteroatoms. The second-order valence-corrected chi connectivity index (χ2v) is 4.90. The Kier molecular flexibility index (Phi) is 3.83. The van der Waals surface area contributed by atoms with Gasteiger partial charge in [0.05, 0.1) is 0 Å². The molecule has 0 fully saturated rings. The lowest BCUT2D eigenvalue weighted by atomic mass is 10.2.